The molecule has 6 heteroatoms. The van der Waals surface area contributed by atoms with E-state index in [9.17, 15) is 4.79 Å². The van der Waals surface area contributed by atoms with Gasteiger partial charge in [-0.2, -0.15) is 0 Å². The van der Waals surface area contributed by atoms with Gasteiger partial charge >= 0.3 is 5.97 Å². The van der Waals surface area contributed by atoms with E-state index in [0.29, 0.717) is 17.8 Å². The SMILES string of the molecule is CC(C)Oc1ccc(S(OC(=O)C23CC4CC(CC(C4)C2)C3)(c2ccc(OC(C)C)cc2)c2ccc(OC(C)C)cc2)cc1. The van der Waals surface area contributed by atoms with Gasteiger partial charge in [-0.1, -0.05) is 0 Å². The van der Waals surface area contributed by atoms with E-state index in [4.69, 9.17) is 18.4 Å². The summed E-state index contributed by atoms with van der Waals surface area (Å²) < 4.78 is 25.2. The Labute approximate surface area is 265 Å². The van der Waals surface area contributed by atoms with Crippen molar-refractivity contribution in [1.29, 1.82) is 0 Å². The molecule has 0 spiro atoms. The number of carbonyl (C=O) groups is 1. The molecule has 0 aliphatic heterocycles. The highest BCUT2D eigenvalue weighted by molar-refractivity contribution is 8.30. The lowest BCUT2D eigenvalue weighted by atomic mass is 9.49. The van der Waals surface area contributed by atoms with Gasteiger partial charge in [0.05, 0.1) is 23.7 Å². The van der Waals surface area contributed by atoms with Crippen molar-refractivity contribution in [1.82, 2.24) is 0 Å². The molecule has 3 aromatic rings. The van der Waals surface area contributed by atoms with Crippen LogP contribution in [0, 0.1) is 23.2 Å². The summed E-state index contributed by atoms with van der Waals surface area (Å²) in [6.45, 7) is 12.2. The van der Waals surface area contributed by atoms with Crippen LogP contribution in [0.5, 0.6) is 17.2 Å². The lowest BCUT2D eigenvalue weighted by Gasteiger charge is -2.56. The van der Waals surface area contributed by atoms with Crippen molar-refractivity contribution in [2.75, 3.05) is 0 Å². The number of hydrogen-bond donors (Lipinski definition) is 0. The Morgan fingerprint density at radius 2 is 0.864 bits per heavy atom. The fourth-order valence-electron chi connectivity index (χ4n) is 8.06. The van der Waals surface area contributed by atoms with Crippen molar-refractivity contribution in [2.24, 2.45) is 23.2 Å². The van der Waals surface area contributed by atoms with Crippen molar-refractivity contribution < 1.29 is 23.2 Å². The minimum atomic E-state index is -2.48. The van der Waals surface area contributed by atoms with Crippen molar-refractivity contribution in [3.63, 3.8) is 0 Å². The minimum Gasteiger partial charge on any atom is -0.491 e. The lowest BCUT2D eigenvalue weighted by molar-refractivity contribution is -0.160. The van der Waals surface area contributed by atoms with Crippen LogP contribution in [0.25, 0.3) is 0 Å². The molecule has 44 heavy (non-hydrogen) atoms. The Morgan fingerprint density at radius 1 is 0.568 bits per heavy atom. The molecular weight excluding hydrogens is 568 g/mol. The molecule has 4 aliphatic rings. The molecule has 0 amide bonds. The maximum Gasteiger partial charge on any atom is 0.323 e. The Balaban J connectivity index is 1.49. The normalized spacial score (nSPS) is 24.5. The molecule has 0 unspecified atom stereocenters. The van der Waals surface area contributed by atoms with Crippen molar-refractivity contribution in [3.05, 3.63) is 72.8 Å². The first-order valence-electron chi connectivity index (χ1n) is 16.4. The molecule has 0 atom stereocenters. The highest BCUT2D eigenvalue weighted by atomic mass is 32.3. The molecule has 4 aliphatic carbocycles. The number of benzene rings is 3. The van der Waals surface area contributed by atoms with E-state index >= 15 is 0 Å². The minimum absolute atomic E-state index is 0.0286. The van der Waals surface area contributed by atoms with Crippen molar-refractivity contribution in [2.45, 2.75) is 113 Å². The number of ether oxygens (including phenoxy) is 3. The molecule has 236 valence electrons. The number of hydrogen-bond acceptors (Lipinski definition) is 5. The second-order valence-corrected chi connectivity index (χ2v) is 16.7. The molecule has 0 heterocycles. The van der Waals surface area contributed by atoms with Crippen LogP contribution in [0.15, 0.2) is 87.5 Å². The molecule has 4 saturated carbocycles. The van der Waals surface area contributed by atoms with Crippen LogP contribution in [0.3, 0.4) is 0 Å². The topological polar surface area (TPSA) is 54.0 Å². The van der Waals surface area contributed by atoms with Gasteiger partial charge in [-0.15, -0.1) is 0 Å². The maximum atomic E-state index is 14.8. The van der Waals surface area contributed by atoms with E-state index in [2.05, 4.69) is 36.4 Å². The molecular formula is C38H48O5S. The second-order valence-electron chi connectivity index (χ2n) is 14.0. The first kappa shape index (κ1) is 30.9. The van der Waals surface area contributed by atoms with Crippen LogP contribution in [0.1, 0.15) is 80.1 Å². The third-order valence-electron chi connectivity index (χ3n) is 9.25. The molecule has 0 N–H and O–H groups in total. The number of carbonyl (C=O) groups excluding carboxylic acids is 1. The zero-order valence-electron chi connectivity index (χ0n) is 27.1. The van der Waals surface area contributed by atoms with E-state index in [-0.39, 0.29) is 24.3 Å². The summed E-state index contributed by atoms with van der Waals surface area (Å²) in [6, 6.07) is 24.5. The van der Waals surface area contributed by atoms with Crippen LogP contribution < -0.4 is 14.2 Å². The summed E-state index contributed by atoms with van der Waals surface area (Å²) in [6.07, 6.45) is 6.88. The van der Waals surface area contributed by atoms with E-state index in [0.717, 1.165) is 51.2 Å². The predicted molar refractivity (Wildman–Crippen MR) is 176 cm³/mol. The van der Waals surface area contributed by atoms with Crippen LogP contribution >= 0.6 is 10.3 Å². The van der Waals surface area contributed by atoms with Crippen LogP contribution in [0.4, 0.5) is 0 Å². The average molecular weight is 617 g/mol. The quantitative estimate of drug-likeness (QED) is 0.215. The summed E-state index contributed by atoms with van der Waals surface area (Å²) in [5.41, 5.74) is -0.394. The summed E-state index contributed by atoms with van der Waals surface area (Å²) in [7, 11) is -2.48. The summed E-state index contributed by atoms with van der Waals surface area (Å²) >= 11 is 0. The van der Waals surface area contributed by atoms with Gasteiger partial charge in [0.2, 0.25) is 0 Å². The molecule has 5 nitrogen and oxygen atoms in total. The molecule has 0 saturated heterocycles. The summed E-state index contributed by atoms with van der Waals surface area (Å²) in [5.74, 6) is 4.29. The highest BCUT2D eigenvalue weighted by Crippen LogP contribution is 2.71. The largest absolute Gasteiger partial charge is 0.491 e. The van der Waals surface area contributed by atoms with Gasteiger partial charge in [0.15, 0.2) is 0 Å². The van der Waals surface area contributed by atoms with Gasteiger partial charge < -0.3 is 18.4 Å². The fraction of sp³-hybridized carbons (Fsp3) is 0.500. The first-order valence-corrected chi connectivity index (χ1v) is 18.0. The molecule has 3 aromatic carbocycles. The Hall–Kier alpha value is -3.12. The zero-order valence-corrected chi connectivity index (χ0v) is 27.9. The van der Waals surface area contributed by atoms with Gasteiger partial charge in [0.25, 0.3) is 0 Å². The lowest BCUT2D eigenvalue weighted by Crippen LogP contribution is -2.50. The van der Waals surface area contributed by atoms with E-state index in [1.54, 1.807) is 0 Å². The van der Waals surface area contributed by atoms with Gasteiger partial charge in [-0.05, 0) is 181 Å². The summed E-state index contributed by atoms with van der Waals surface area (Å²) in [4.78, 5) is 17.7. The van der Waals surface area contributed by atoms with Crippen LogP contribution in [0.2, 0.25) is 0 Å². The van der Waals surface area contributed by atoms with Gasteiger partial charge in [-0.3, -0.25) is 4.79 Å². The monoisotopic (exact) mass is 616 g/mol. The van der Waals surface area contributed by atoms with E-state index < -0.39 is 15.7 Å². The second kappa shape index (κ2) is 12.3. The molecule has 4 bridgehead atoms. The van der Waals surface area contributed by atoms with Gasteiger partial charge in [0, 0.05) is 14.7 Å². The number of rotatable bonds is 11. The van der Waals surface area contributed by atoms with Crippen LogP contribution in [-0.2, 0) is 8.98 Å². The summed E-state index contributed by atoms with van der Waals surface area (Å²) in [5, 5.41) is 0. The van der Waals surface area contributed by atoms with Crippen LogP contribution in [-0.4, -0.2) is 24.3 Å². The van der Waals surface area contributed by atoms with E-state index in [1.165, 1.54) is 19.3 Å². The van der Waals surface area contributed by atoms with Gasteiger partial charge in [-0.25, -0.2) is 0 Å². The molecule has 0 radical (unpaired) electrons. The van der Waals surface area contributed by atoms with E-state index in [1.807, 2.05) is 77.9 Å². The third-order valence-corrected chi connectivity index (χ3v) is 12.5. The third kappa shape index (κ3) is 6.20. The zero-order chi connectivity index (χ0) is 31.1. The highest BCUT2D eigenvalue weighted by Gasteiger charge is 2.57. The van der Waals surface area contributed by atoms with Crippen molar-refractivity contribution >= 4 is 16.3 Å². The Bertz CT molecular complexity index is 1260. The molecule has 7 rings (SSSR count). The predicted octanol–water partition coefficient (Wildman–Crippen LogP) is 10.0. The average Bonchev–Trinajstić information content (AvgIpc) is 2.96. The van der Waals surface area contributed by atoms with Gasteiger partial charge in [0.1, 0.15) is 17.2 Å². The standard InChI is InChI=1S/C38H48O5S/c1-25(2)40-31-7-13-34(14-8-31)44(35-15-9-32(10-16-35)41-26(3)4,36-17-11-33(12-18-36)42-27(5)6)43-37(39)38-22-28-19-29(23-38)21-30(20-28)24-38/h7-18,25-30H,19-24H2,1-6H3. The fourth-order valence-corrected chi connectivity index (χ4v) is 11.1. The molecule has 4 fully saturated rings. The smallest absolute Gasteiger partial charge is 0.323 e. The maximum absolute atomic E-state index is 14.8. The van der Waals surface area contributed by atoms with Crippen molar-refractivity contribution in [3.8, 4) is 17.2 Å². The first-order chi connectivity index (χ1) is 21.0. The molecule has 0 aromatic heterocycles. The Morgan fingerprint density at radius 3 is 1.14 bits per heavy atom. The Kier molecular flexibility index (Phi) is 8.67.